The zero-order chi connectivity index (χ0) is 20.7. The van der Waals surface area contributed by atoms with Crippen molar-refractivity contribution in [3.05, 3.63) is 52.7 Å². The van der Waals surface area contributed by atoms with Crippen LogP contribution in [0.15, 0.2) is 28.9 Å². The maximum atomic E-state index is 12.3. The number of carbonyl (C=O) groups is 1. The third kappa shape index (κ3) is 3.65. The highest BCUT2D eigenvalue weighted by Gasteiger charge is 2.35. The van der Waals surface area contributed by atoms with Crippen LogP contribution in [0, 0.1) is 19.8 Å². The average molecular weight is 405 g/mol. The highest BCUT2D eigenvalue weighted by atomic mass is 16.5. The van der Waals surface area contributed by atoms with Crippen LogP contribution in [0.25, 0.3) is 11.3 Å². The van der Waals surface area contributed by atoms with Crippen molar-refractivity contribution in [2.75, 3.05) is 6.54 Å². The number of carbonyl (C=O) groups excluding carboxylic acids is 1. The van der Waals surface area contributed by atoms with E-state index in [2.05, 4.69) is 20.3 Å². The van der Waals surface area contributed by atoms with Crippen molar-refractivity contribution in [3.63, 3.8) is 0 Å². The van der Waals surface area contributed by atoms with Crippen LogP contribution in [0.2, 0.25) is 0 Å². The lowest BCUT2D eigenvalue weighted by Crippen LogP contribution is -2.37. The Labute approximate surface area is 174 Å². The van der Waals surface area contributed by atoms with Crippen molar-refractivity contribution in [2.45, 2.75) is 46.3 Å². The number of amides is 1. The summed E-state index contributed by atoms with van der Waals surface area (Å²) in [5.74, 6) is 1.64. The Balaban J connectivity index is 1.29. The van der Waals surface area contributed by atoms with Gasteiger partial charge in [-0.15, -0.1) is 10.2 Å². The van der Waals surface area contributed by atoms with E-state index in [9.17, 15) is 4.79 Å². The van der Waals surface area contributed by atoms with Gasteiger partial charge in [-0.1, -0.05) is 5.16 Å². The molecule has 8 nitrogen and oxygen atoms in total. The van der Waals surface area contributed by atoms with E-state index >= 15 is 0 Å². The van der Waals surface area contributed by atoms with E-state index in [1.54, 1.807) is 6.20 Å². The van der Waals surface area contributed by atoms with Gasteiger partial charge in [0.1, 0.15) is 18.1 Å². The Morgan fingerprint density at radius 1 is 1.27 bits per heavy atom. The highest BCUT2D eigenvalue weighted by Crippen LogP contribution is 2.33. The van der Waals surface area contributed by atoms with Gasteiger partial charge in [0.05, 0.1) is 17.8 Å². The first-order chi connectivity index (χ1) is 14.6. The Morgan fingerprint density at radius 2 is 2.13 bits per heavy atom. The molecule has 1 amide bonds. The van der Waals surface area contributed by atoms with Gasteiger partial charge >= 0.3 is 0 Å². The monoisotopic (exact) mass is 405 g/mol. The van der Waals surface area contributed by atoms with Gasteiger partial charge < -0.3 is 14.2 Å². The fraction of sp³-hybridized carbons (Fsp3) is 0.409. The third-order valence-electron chi connectivity index (χ3n) is 5.70. The second kappa shape index (κ2) is 7.51. The summed E-state index contributed by atoms with van der Waals surface area (Å²) in [5.41, 5.74) is 5.35. The molecule has 4 heterocycles. The lowest BCUT2D eigenvalue weighted by molar-refractivity contribution is -0.133. The van der Waals surface area contributed by atoms with Crippen molar-refractivity contribution in [2.24, 2.45) is 5.92 Å². The number of aryl methyl sites for hydroxylation is 2. The summed E-state index contributed by atoms with van der Waals surface area (Å²) in [7, 11) is 0. The molecule has 0 radical (unpaired) electrons. The van der Waals surface area contributed by atoms with E-state index in [4.69, 9.17) is 9.26 Å². The summed E-state index contributed by atoms with van der Waals surface area (Å²) in [5, 5.41) is 12.7. The van der Waals surface area contributed by atoms with Crippen LogP contribution in [-0.4, -0.2) is 37.7 Å². The first kappa shape index (κ1) is 18.7. The number of fused-ring (bicyclic) bond motifs is 1. The molecule has 0 atom stereocenters. The molecule has 3 aromatic rings. The maximum absolute atomic E-state index is 12.3. The molecule has 154 valence electrons. The third-order valence-corrected chi connectivity index (χ3v) is 5.70. The summed E-state index contributed by atoms with van der Waals surface area (Å²) in [4.78, 5) is 18.5. The van der Waals surface area contributed by atoms with Gasteiger partial charge in [-0.05, 0) is 50.8 Å². The fourth-order valence-electron chi connectivity index (χ4n) is 3.69. The predicted octanol–water partition coefficient (Wildman–Crippen LogP) is 3.02. The summed E-state index contributed by atoms with van der Waals surface area (Å²) in [6.07, 6.45) is 4.59. The number of aromatic nitrogens is 4. The highest BCUT2D eigenvalue weighted by molar-refractivity contribution is 5.81. The van der Waals surface area contributed by atoms with Gasteiger partial charge in [0.15, 0.2) is 0 Å². The second-order valence-corrected chi connectivity index (χ2v) is 7.98. The number of ether oxygens (including phenoxy) is 1. The Morgan fingerprint density at radius 3 is 2.90 bits per heavy atom. The van der Waals surface area contributed by atoms with Gasteiger partial charge in [0, 0.05) is 36.0 Å². The molecule has 2 aliphatic rings. The largest absolute Gasteiger partial charge is 0.471 e. The van der Waals surface area contributed by atoms with Crippen LogP contribution in [0.5, 0.6) is 5.88 Å². The molecular weight excluding hydrogens is 382 g/mol. The SMILES string of the molecule is Cc1ccc(-c2noc(C)c2COc2cc3c(nn2)CN(C(=O)C2CC2)CC3)cn1. The van der Waals surface area contributed by atoms with E-state index in [0.29, 0.717) is 18.2 Å². The molecule has 1 fully saturated rings. The van der Waals surface area contributed by atoms with E-state index in [1.807, 2.05) is 36.9 Å². The van der Waals surface area contributed by atoms with Crippen LogP contribution >= 0.6 is 0 Å². The first-order valence-corrected chi connectivity index (χ1v) is 10.2. The predicted molar refractivity (Wildman–Crippen MR) is 107 cm³/mol. The molecule has 0 saturated heterocycles. The number of hydrogen-bond donors (Lipinski definition) is 0. The quantitative estimate of drug-likeness (QED) is 0.644. The minimum Gasteiger partial charge on any atom is -0.471 e. The van der Waals surface area contributed by atoms with Crippen LogP contribution < -0.4 is 4.74 Å². The Bertz CT molecular complexity index is 1090. The van der Waals surface area contributed by atoms with Gasteiger partial charge in [0.25, 0.3) is 0 Å². The van der Waals surface area contributed by atoms with Gasteiger partial charge in [-0.3, -0.25) is 9.78 Å². The minimum atomic E-state index is 0.229. The zero-order valence-corrected chi connectivity index (χ0v) is 17.1. The molecule has 1 aliphatic carbocycles. The molecule has 0 unspecified atom stereocenters. The molecule has 1 saturated carbocycles. The molecular formula is C22H23N5O3. The Kier molecular flexibility index (Phi) is 4.69. The summed E-state index contributed by atoms with van der Waals surface area (Å²) < 4.78 is 11.3. The van der Waals surface area contributed by atoms with Crippen molar-refractivity contribution in [1.29, 1.82) is 0 Å². The average Bonchev–Trinajstić information content (AvgIpc) is 3.55. The van der Waals surface area contributed by atoms with E-state index in [-0.39, 0.29) is 18.4 Å². The van der Waals surface area contributed by atoms with Crippen LogP contribution in [0.3, 0.4) is 0 Å². The van der Waals surface area contributed by atoms with Crippen molar-refractivity contribution < 1.29 is 14.1 Å². The molecule has 0 N–H and O–H groups in total. The molecule has 0 bridgehead atoms. The Hall–Kier alpha value is -3.29. The van der Waals surface area contributed by atoms with Crippen molar-refractivity contribution in [3.8, 4) is 17.1 Å². The lowest BCUT2D eigenvalue weighted by atomic mass is 10.1. The zero-order valence-electron chi connectivity index (χ0n) is 17.1. The topological polar surface area (TPSA) is 94.2 Å². The van der Waals surface area contributed by atoms with E-state index in [0.717, 1.165) is 59.6 Å². The summed E-state index contributed by atoms with van der Waals surface area (Å²) >= 11 is 0. The fourth-order valence-corrected chi connectivity index (χ4v) is 3.69. The number of rotatable bonds is 5. The van der Waals surface area contributed by atoms with Gasteiger partial charge in [-0.25, -0.2) is 0 Å². The number of pyridine rings is 1. The number of nitrogens with zero attached hydrogens (tertiary/aromatic N) is 5. The molecule has 1 aliphatic heterocycles. The van der Waals surface area contributed by atoms with Gasteiger partial charge in [0.2, 0.25) is 11.8 Å². The van der Waals surface area contributed by atoms with Crippen LogP contribution in [-0.2, 0) is 24.4 Å². The molecule has 0 spiro atoms. The second-order valence-electron chi connectivity index (χ2n) is 7.98. The van der Waals surface area contributed by atoms with Crippen molar-refractivity contribution >= 4 is 5.91 Å². The van der Waals surface area contributed by atoms with Crippen LogP contribution in [0.4, 0.5) is 0 Å². The lowest BCUT2D eigenvalue weighted by Gasteiger charge is -2.28. The number of hydrogen-bond acceptors (Lipinski definition) is 7. The summed E-state index contributed by atoms with van der Waals surface area (Å²) in [6.45, 7) is 5.34. The van der Waals surface area contributed by atoms with E-state index < -0.39 is 0 Å². The standard InChI is InChI=1S/C22H23N5O3/c1-13-3-4-17(10-23-13)21-18(14(2)30-26-21)12-29-20-9-16-7-8-27(11-19(16)24-25-20)22(28)15-5-6-15/h3-4,9-10,15H,5-8,11-12H2,1-2H3. The smallest absolute Gasteiger partial charge is 0.234 e. The molecule has 8 heteroatoms. The maximum Gasteiger partial charge on any atom is 0.234 e. The van der Waals surface area contributed by atoms with E-state index in [1.165, 1.54) is 0 Å². The molecule has 0 aromatic carbocycles. The molecule has 5 rings (SSSR count). The summed E-state index contributed by atoms with van der Waals surface area (Å²) in [6, 6.07) is 5.84. The normalized spacial score (nSPS) is 15.7. The van der Waals surface area contributed by atoms with Crippen LogP contribution in [0.1, 0.15) is 41.1 Å². The van der Waals surface area contributed by atoms with Crippen molar-refractivity contribution in [1.82, 2.24) is 25.2 Å². The molecule has 30 heavy (non-hydrogen) atoms. The minimum absolute atomic E-state index is 0.229. The molecule has 3 aromatic heterocycles. The van der Waals surface area contributed by atoms with Gasteiger partial charge in [-0.2, -0.15) is 0 Å². The first-order valence-electron chi connectivity index (χ1n) is 10.2.